The van der Waals surface area contributed by atoms with Gasteiger partial charge >= 0.3 is 6.09 Å². The van der Waals surface area contributed by atoms with Crippen molar-refractivity contribution in [2.45, 2.75) is 46.6 Å². The van der Waals surface area contributed by atoms with Crippen LogP contribution in [0.3, 0.4) is 0 Å². The zero-order valence-electron chi connectivity index (χ0n) is 14.8. The first-order valence-corrected chi connectivity index (χ1v) is 7.93. The van der Waals surface area contributed by atoms with Gasteiger partial charge in [0, 0.05) is 18.3 Å². The van der Waals surface area contributed by atoms with Crippen LogP contribution in [-0.4, -0.2) is 35.2 Å². The largest absolute Gasteiger partial charge is 0.495 e. The van der Waals surface area contributed by atoms with Gasteiger partial charge in [-0.25, -0.2) is 4.79 Å². The lowest BCUT2D eigenvalue weighted by Crippen LogP contribution is -2.39. The fourth-order valence-corrected chi connectivity index (χ4v) is 2.53. The fourth-order valence-electron chi connectivity index (χ4n) is 2.53. The highest BCUT2D eigenvalue weighted by Crippen LogP contribution is 2.31. The van der Waals surface area contributed by atoms with E-state index in [4.69, 9.17) is 9.47 Å². The summed E-state index contributed by atoms with van der Waals surface area (Å²) < 4.78 is 10.9. The number of aryl methyl sites for hydroxylation is 1. The van der Waals surface area contributed by atoms with Gasteiger partial charge in [0.1, 0.15) is 11.4 Å². The highest BCUT2D eigenvalue weighted by molar-refractivity contribution is 5.83. The summed E-state index contributed by atoms with van der Waals surface area (Å²) >= 11 is 0. The summed E-state index contributed by atoms with van der Waals surface area (Å²) in [4.78, 5) is 18.6. The summed E-state index contributed by atoms with van der Waals surface area (Å²) in [5.74, 6) is 1.11. The minimum Gasteiger partial charge on any atom is -0.495 e. The van der Waals surface area contributed by atoms with E-state index in [-0.39, 0.29) is 6.09 Å². The van der Waals surface area contributed by atoms with Gasteiger partial charge in [0.05, 0.1) is 18.5 Å². The Bertz CT molecular complexity index is 617. The van der Waals surface area contributed by atoms with Gasteiger partial charge in [-0.1, -0.05) is 13.0 Å². The molecule has 0 saturated carbocycles. The third-order valence-electron chi connectivity index (χ3n) is 3.67. The Morgan fingerprint density at radius 2 is 2.09 bits per heavy atom. The first-order chi connectivity index (χ1) is 10.7. The van der Waals surface area contributed by atoms with E-state index >= 15 is 0 Å². The van der Waals surface area contributed by atoms with Crippen LogP contribution >= 0.6 is 0 Å². The number of amides is 1. The monoisotopic (exact) mass is 318 g/mol. The number of ether oxygens (including phenoxy) is 2. The number of carbonyl (C=O) groups excluding carboxylic acids is 1. The molecule has 0 radical (unpaired) electrons. The minimum absolute atomic E-state index is 0.324. The normalized spacial score (nSPS) is 18.4. The number of allylic oxidation sites excluding steroid dienone is 1. The van der Waals surface area contributed by atoms with Crippen LogP contribution in [0.5, 0.6) is 5.75 Å². The van der Waals surface area contributed by atoms with Crippen LogP contribution in [0, 0.1) is 12.8 Å². The Morgan fingerprint density at radius 3 is 2.70 bits per heavy atom. The number of pyridine rings is 1. The molecule has 0 saturated heterocycles. The van der Waals surface area contributed by atoms with Crippen LogP contribution in [0.1, 0.15) is 45.4 Å². The fraction of sp³-hybridized carbons (Fsp3) is 0.556. The van der Waals surface area contributed by atoms with Crippen LogP contribution < -0.4 is 4.74 Å². The molecule has 2 heterocycles. The van der Waals surface area contributed by atoms with E-state index in [1.165, 1.54) is 0 Å². The van der Waals surface area contributed by atoms with Crippen molar-refractivity contribution in [3.8, 4) is 5.75 Å². The van der Waals surface area contributed by atoms with Gasteiger partial charge < -0.3 is 9.47 Å². The van der Waals surface area contributed by atoms with E-state index in [0.29, 0.717) is 18.2 Å². The van der Waals surface area contributed by atoms with E-state index in [2.05, 4.69) is 18.0 Å². The molecule has 1 aliphatic rings. The Morgan fingerprint density at radius 1 is 1.39 bits per heavy atom. The maximum atomic E-state index is 12.6. The van der Waals surface area contributed by atoms with Crippen molar-refractivity contribution < 1.29 is 14.3 Å². The molecule has 5 nitrogen and oxygen atoms in total. The molecule has 23 heavy (non-hydrogen) atoms. The van der Waals surface area contributed by atoms with Gasteiger partial charge in [-0.15, -0.1) is 0 Å². The Hall–Kier alpha value is -2.04. The number of methoxy groups -OCH3 is 1. The van der Waals surface area contributed by atoms with E-state index in [9.17, 15) is 4.79 Å². The molecule has 1 atom stereocenters. The van der Waals surface area contributed by atoms with Gasteiger partial charge in [-0.3, -0.25) is 9.88 Å². The van der Waals surface area contributed by atoms with Crippen LogP contribution in [0.25, 0.3) is 5.70 Å². The first-order valence-electron chi connectivity index (χ1n) is 7.93. The molecule has 5 heteroatoms. The highest BCUT2D eigenvalue weighted by Gasteiger charge is 2.29. The predicted octanol–water partition coefficient (Wildman–Crippen LogP) is 4.02. The molecule has 0 bridgehead atoms. The average molecular weight is 318 g/mol. The molecule has 126 valence electrons. The third-order valence-corrected chi connectivity index (χ3v) is 3.67. The zero-order chi connectivity index (χ0) is 17.2. The molecule has 0 spiro atoms. The van der Waals surface area contributed by atoms with Crippen LogP contribution in [0.4, 0.5) is 4.79 Å². The van der Waals surface area contributed by atoms with E-state index in [0.717, 1.165) is 23.4 Å². The molecule has 1 aliphatic heterocycles. The molecule has 1 unspecified atom stereocenters. The van der Waals surface area contributed by atoms with Crippen LogP contribution in [-0.2, 0) is 4.74 Å². The summed E-state index contributed by atoms with van der Waals surface area (Å²) in [5, 5.41) is 0. The number of hydrogen-bond acceptors (Lipinski definition) is 4. The van der Waals surface area contributed by atoms with E-state index < -0.39 is 5.60 Å². The molecular formula is C18H26N2O3. The smallest absolute Gasteiger partial charge is 0.414 e. The van der Waals surface area contributed by atoms with Gasteiger partial charge in [0.2, 0.25) is 0 Å². The summed E-state index contributed by atoms with van der Waals surface area (Å²) in [7, 11) is 1.62. The van der Waals surface area contributed by atoms with Gasteiger partial charge in [0.25, 0.3) is 0 Å². The molecule has 1 amide bonds. The highest BCUT2D eigenvalue weighted by atomic mass is 16.6. The molecule has 1 aromatic rings. The lowest BCUT2D eigenvalue weighted by atomic mass is 9.99. The van der Waals surface area contributed by atoms with Gasteiger partial charge in [-0.2, -0.15) is 0 Å². The van der Waals surface area contributed by atoms with Crippen LogP contribution in [0.15, 0.2) is 18.3 Å². The lowest BCUT2D eigenvalue weighted by Gasteiger charge is -2.33. The molecule has 0 aromatic carbocycles. The molecular weight excluding hydrogens is 292 g/mol. The summed E-state index contributed by atoms with van der Waals surface area (Å²) in [5.41, 5.74) is 2.00. The minimum atomic E-state index is -0.522. The summed E-state index contributed by atoms with van der Waals surface area (Å²) in [6, 6.07) is 1.92. The predicted molar refractivity (Wildman–Crippen MR) is 90.2 cm³/mol. The molecule has 0 N–H and O–H groups in total. The number of aromatic nitrogens is 1. The SMILES string of the molecule is COc1cc(C2=CCC(C)CN2C(=O)OC(C)(C)C)cnc1C. The van der Waals surface area contributed by atoms with Crippen molar-refractivity contribution in [2.24, 2.45) is 5.92 Å². The average Bonchev–Trinajstić information content (AvgIpc) is 2.46. The molecule has 2 rings (SSSR count). The molecule has 1 aromatic heterocycles. The van der Waals surface area contributed by atoms with Crippen molar-refractivity contribution in [1.82, 2.24) is 9.88 Å². The van der Waals surface area contributed by atoms with Crippen molar-refractivity contribution in [2.75, 3.05) is 13.7 Å². The third kappa shape index (κ3) is 4.24. The quantitative estimate of drug-likeness (QED) is 0.826. The summed E-state index contributed by atoms with van der Waals surface area (Å²) in [6.07, 6.45) is 4.45. The van der Waals surface area contributed by atoms with Gasteiger partial charge in [0.15, 0.2) is 0 Å². The molecule has 0 fully saturated rings. The van der Waals surface area contributed by atoms with E-state index in [1.807, 2.05) is 33.8 Å². The van der Waals surface area contributed by atoms with Crippen molar-refractivity contribution >= 4 is 11.8 Å². The Kier molecular flexibility index (Phi) is 4.97. The second-order valence-electron chi connectivity index (χ2n) is 7.03. The number of hydrogen-bond donors (Lipinski definition) is 0. The standard InChI is InChI=1S/C18H26N2O3/c1-12-7-8-15(14-9-16(22-6)13(2)19-10-14)20(11-12)17(21)23-18(3,4)5/h8-10,12H,7,11H2,1-6H3. The number of rotatable bonds is 2. The zero-order valence-corrected chi connectivity index (χ0v) is 14.8. The summed E-state index contributed by atoms with van der Waals surface area (Å²) in [6.45, 7) is 10.3. The first kappa shape index (κ1) is 17.3. The number of nitrogens with zero attached hydrogens (tertiary/aromatic N) is 2. The van der Waals surface area contributed by atoms with Crippen LogP contribution in [0.2, 0.25) is 0 Å². The maximum Gasteiger partial charge on any atom is 0.414 e. The molecule has 0 aliphatic carbocycles. The second kappa shape index (κ2) is 6.60. The van der Waals surface area contributed by atoms with Crippen molar-refractivity contribution in [3.05, 3.63) is 29.6 Å². The number of carbonyl (C=O) groups is 1. The Labute approximate surface area is 138 Å². The second-order valence-corrected chi connectivity index (χ2v) is 7.03. The van der Waals surface area contributed by atoms with Crippen molar-refractivity contribution in [3.63, 3.8) is 0 Å². The van der Waals surface area contributed by atoms with Crippen molar-refractivity contribution in [1.29, 1.82) is 0 Å². The lowest BCUT2D eigenvalue weighted by molar-refractivity contribution is 0.0327. The van der Waals surface area contributed by atoms with E-state index in [1.54, 1.807) is 18.2 Å². The van der Waals surface area contributed by atoms with Gasteiger partial charge in [-0.05, 0) is 46.1 Å². The maximum absolute atomic E-state index is 12.6. The Balaban J connectivity index is 2.35. The topological polar surface area (TPSA) is 51.7 Å².